The zero-order valence-corrected chi connectivity index (χ0v) is 18.2. The van der Waals surface area contributed by atoms with Gasteiger partial charge < -0.3 is 15.0 Å². The number of hydrogen-bond donors (Lipinski definition) is 1. The van der Waals surface area contributed by atoms with E-state index in [4.69, 9.17) is 9.73 Å². The summed E-state index contributed by atoms with van der Waals surface area (Å²) in [6.45, 7) is 7.65. The van der Waals surface area contributed by atoms with Crippen molar-refractivity contribution in [1.82, 2.24) is 5.32 Å². The number of amidine groups is 1. The fourth-order valence-electron chi connectivity index (χ4n) is 4.01. The maximum atomic E-state index is 12.6. The third kappa shape index (κ3) is 4.37. The number of benzene rings is 1. The lowest BCUT2D eigenvalue weighted by Gasteiger charge is -2.36. The lowest BCUT2D eigenvalue weighted by Crippen LogP contribution is -2.56. The number of rotatable bonds is 4. The first-order chi connectivity index (χ1) is 14.0. The molecule has 1 aromatic carbocycles. The maximum Gasteiger partial charge on any atom is 0.236 e. The summed E-state index contributed by atoms with van der Waals surface area (Å²) in [5, 5.41) is 3.94. The van der Waals surface area contributed by atoms with Crippen molar-refractivity contribution in [2.24, 2.45) is 4.99 Å². The molecule has 0 spiro atoms. The second-order valence-electron chi connectivity index (χ2n) is 8.37. The summed E-state index contributed by atoms with van der Waals surface area (Å²) in [6.07, 6.45) is 11.3. The standard InChI is InChI=1S/C23H29N3O2S/c1-4-5-6-7-8-9-16-10-11-19-18(14-16)26(12-13-28-19)22-24-17-15-23(2,3)25-21(27)20(17)29-22/h5-8,10-11,14,17,20H,4,9,12-13,15H2,1-3H3,(H,25,27)/b6-5-,8-7-. The number of ether oxygens (including phenoxy) is 1. The fourth-order valence-corrected chi connectivity index (χ4v) is 5.23. The van der Waals surface area contributed by atoms with E-state index in [0.717, 1.165) is 42.4 Å². The van der Waals surface area contributed by atoms with E-state index >= 15 is 0 Å². The van der Waals surface area contributed by atoms with Gasteiger partial charge in [0.25, 0.3) is 0 Å². The smallest absolute Gasteiger partial charge is 0.236 e. The van der Waals surface area contributed by atoms with E-state index in [-0.39, 0.29) is 22.7 Å². The van der Waals surface area contributed by atoms with Gasteiger partial charge in [0, 0.05) is 5.54 Å². The summed E-state index contributed by atoms with van der Waals surface area (Å²) < 4.78 is 5.88. The minimum atomic E-state index is -0.202. The number of carbonyl (C=O) groups excluding carboxylic acids is 1. The average molecular weight is 412 g/mol. The Labute approximate surface area is 177 Å². The highest BCUT2D eigenvalue weighted by Crippen LogP contribution is 2.41. The molecule has 1 aromatic rings. The van der Waals surface area contributed by atoms with Gasteiger partial charge in [-0.2, -0.15) is 0 Å². The summed E-state index contributed by atoms with van der Waals surface area (Å²) in [5.41, 5.74) is 2.09. The van der Waals surface area contributed by atoms with Gasteiger partial charge in [-0.1, -0.05) is 49.1 Å². The zero-order chi connectivity index (χ0) is 20.4. The van der Waals surface area contributed by atoms with Crippen LogP contribution in [0.5, 0.6) is 5.75 Å². The van der Waals surface area contributed by atoms with Crippen LogP contribution in [0.25, 0.3) is 0 Å². The third-order valence-electron chi connectivity index (χ3n) is 5.39. The van der Waals surface area contributed by atoms with Gasteiger partial charge >= 0.3 is 0 Å². The Balaban J connectivity index is 1.55. The van der Waals surface area contributed by atoms with Gasteiger partial charge in [-0.05, 0) is 50.8 Å². The Kier molecular flexibility index (Phi) is 5.72. The molecule has 5 nitrogen and oxygen atoms in total. The van der Waals surface area contributed by atoms with E-state index in [9.17, 15) is 4.79 Å². The molecule has 1 amide bonds. The molecular formula is C23H29N3O2S. The second kappa shape index (κ2) is 8.27. The molecule has 3 aliphatic heterocycles. The molecule has 1 fully saturated rings. The summed E-state index contributed by atoms with van der Waals surface area (Å²) >= 11 is 1.59. The van der Waals surface area contributed by atoms with E-state index in [1.807, 2.05) is 0 Å². The molecule has 4 rings (SSSR count). The van der Waals surface area contributed by atoms with Crippen LogP contribution in [-0.2, 0) is 11.2 Å². The minimum absolute atomic E-state index is 0.0431. The molecule has 0 aromatic heterocycles. The van der Waals surface area contributed by atoms with Gasteiger partial charge in [0.15, 0.2) is 5.17 Å². The van der Waals surface area contributed by atoms with Crippen molar-refractivity contribution in [2.45, 2.75) is 56.9 Å². The van der Waals surface area contributed by atoms with Crippen molar-refractivity contribution in [3.8, 4) is 5.75 Å². The first-order valence-electron chi connectivity index (χ1n) is 10.4. The van der Waals surface area contributed by atoms with Gasteiger partial charge in [0.05, 0.1) is 18.3 Å². The van der Waals surface area contributed by atoms with Crippen LogP contribution in [0, 0.1) is 0 Å². The maximum absolute atomic E-state index is 12.6. The highest BCUT2D eigenvalue weighted by Gasteiger charge is 2.46. The van der Waals surface area contributed by atoms with Crippen molar-refractivity contribution in [3.05, 3.63) is 48.1 Å². The van der Waals surface area contributed by atoms with Crippen LogP contribution in [0.1, 0.15) is 39.2 Å². The molecule has 3 aliphatic rings. The Morgan fingerprint density at radius 1 is 1.34 bits per heavy atom. The van der Waals surface area contributed by atoms with Crippen molar-refractivity contribution in [3.63, 3.8) is 0 Å². The number of hydrogen-bond acceptors (Lipinski definition) is 5. The number of amides is 1. The number of carbonyl (C=O) groups is 1. The number of piperidine rings is 1. The molecule has 2 atom stereocenters. The number of nitrogens with one attached hydrogen (secondary N) is 1. The Bertz CT molecular complexity index is 875. The summed E-state index contributed by atoms with van der Waals surface area (Å²) in [5.74, 6) is 0.986. The van der Waals surface area contributed by atoms with Crippen molar-refractivity contribution < 1.29 is 9.53 Å². The van der Waals surface area contributed by atoms with Crippen LogP contribution in [0.2, 0.25) is 0 Å². The highest BCUT2D eigenvalue weighted by atomic mass is 32.2. The van der Waals surface area contributed by atoms with Crippen LogP contribution in [-0.4, -0.2) is 41.1 Å². The van der Waals surface area contributed by atoms with Crippen molar-refractivity contribution >= 4 is 28.5 Å². The topological polar surface area (TPSA) is 53.9 Å². The lowest BCUT2D eigenvalue weighted by atomic mass is 9.89. The van der Waals surface area contributed by atoms with Crippen molar-refractivity contribution in [2.75, 3.05) is 18.1 Å². The minimum Gasteiger partial charge on any atom is -0.490 e. The first-order valence-corrected chi connectivity index (χ1v) is 11.3. The molecular weight excluding hydrogens is 382 g/mol. The normalized spacial score (nSPS) is 25.6. The predicted octanol–water partition coefficient (Wildman–Crippen LogP) is 4.09. The molecule has 29 heavy (non-hydrogen) atoms. The summed E-state index contributed by atoms with van der Waals surface area (Å²) in [7, 11) is 0. The van der Waals surface area contributed by atoms with E-state index < -0.39 is 0 Å². The van der Waals surface area contributed by atoms with E-state index in [1.54, 1.807) is 11.8 Å². The molecule has 0 bridgehead atoms. The second-order valence-corrected chi connectivity index (χ2v) is 9.47. The quantitative estimate of drug-likeness (QED) is 0.759. The molecule has 1 N–H and O–H groups in total. The SMILES string of the molecule is CC/C=C\C=C/Cc1ccc2c(c1)N(C1=NC3CC(C)(C)NC(=O)C3S1)CCO2. The van der Waals surface area contributed by atoms with Crippen LogP contribution in [0.15, 0.2) is 47.5 Å². The molecule has 6 heteroatoms. The number of thioether (sulfide) groups is 1. The Hall–Kier alpha value is -2.21. The van der Waals surface area contributed by atoms with Gasteiger partial charge in [0.2, 0.25) is 5.91 Å². The zero-order valence-electron chi connectivity index (χ0n) is 17.4. The predicted molar refractivity (Wildman–Crippen MR) is 121 cm³/mol. The Morgan fingerprint density at radius 3 is 3.00 bits per heavy atom. The van der Waals surface area contributed by atoms with Gasteiger partial charge in [-0.15, -0.1) is 0 Å². The molecule has 0 aliphatic carbocycles. The number of nitrogens with zero attached hydrogens (tertiary/aromatic N) is 2. The summed E-state index contributed by atoms with van der Waals surface area (Å²) in [4.78, 5) is 19.7. The van der Waals surface area contributed by atoms with Crippen LogP contribution in [0.4, 0.5) is 5.69 Å². The molecule has 0 saturated carbocycles. The van der Waals surface area contributed by atoms with E-state index in [1.165, 1.54) is 5.56 Å². The third-order valence-corrected chi connectivity index (χ3v) is 6.71. The number of fused-ring (bicyclic) bond motifs is 2. The molecule has 0 radical (unpaired) electrons. The first kappa shape index (κ1) is 20.1. The molecule has 3 heterocycles. The molecule has 1 saturated heterocycles. The number of anilines is 1. The van der Waals surface area contributed by atoms with E-state index in [0.29, 0.717) is 6.61 Å². The van der Waals surface area contributed by atoms with Crippen LogP contribution in [0.3, 0.4) is 0 Å². The average Bonchev–Trinajstić information content (AvgIpc) is 3.10. The van der Waals surface area contributed by atoms with Gasteiger partial charge in [-0.3, -0.25) is 9.79 Å². The van der Waals surface area contributed by atoms with Gasteiger partial charge in [-0.25, -0.2) is 0 Å². The monoisotopic (exact) mass is 411 g/mol. The largest absolute Gasteiger partial charge is 0.490 e. The van der Waals surface area contributed by atoms with Gasteiger partial charge in [0.1, 0.15) is 17.6 Å². The highest BCUT2D eigenvalue weighted by molar-refractivity contribution is 8.15. The molecule has 2 unspecified atom stereocenters. The van der Waals surface area contributed by atoms with Crippen LogP contribution < -0.4 is 15.0 Å². The Morgan fingerprint density at radius 2 is 2.17 bits per heavy atom. The van der Waals surface area contributed by atoms with Crippen molar-refractivity contribution in [1.29, 1.82) is 0 Å². The summed E-state index contributed by atoms with van der Waals surface area (Å²) in [6, 6.07) is 6.41. The number of allylic oxidation sites excluding steroid dienone is 4. The van der Waals surface area contributed by atoms with E-state index in [2.05, 4.69) is 73.5 Å². The fraction of sp³-hybridized carbons (Fsp3) is 0.478. The molecule has 154 valence electrons. The van der Waals surface area contributed by atoms with Crippen LogP contribution >= 0.6 is 11.8 Å². The lowest BCUT2D eigenvalue weighted by molar-refractivity contribution is -0.124. The number of aliphatic imine (C=N–C) groups is 1.